The lowest BCUT2D eigenvalue weighted by atomic mass is 9.85. The molecular weight excluding hydrogens is 336 g/mol. The maximum absolute atomic E-state index is 12.1. The highest BCUT2D eigenvalue weighted by molar-refractivity contribution is 5.79. The summed E-state index contributed by atoms with van der Waals surface area (Å²) in [4.78, 5) is 14.6. The average molecular weight is 367 g/mol. The number of hydrogen-bond donors (Lipinski definition) is 1. The Bertz CT molecular complexity index is 766. The van der Waals surface area contributed by atoms with Gasteiger partial charge in [-0.25, -0.2) is 0 Å². The number of carbonyl (C=O) groups excluding carboxylic acids is 1. The SMILES string of the molecule is C[C@H](CN1CCCn2nc(CNC(=O)C3CCC3)cc2C1)c1ccccc1. The van der Waals surface area contributed by atoms with E-state index in [2.05, 4.69) is 58.2 Å². The predicted octanol–water partition coefficient (Wildman–Crippen LogP) is 3.31. The molecule has 1 aromatic carbocycles. The van der Waals surface area contributed by atoms with Crippen LogP contribution in [0.5, 0.6) is 0 Å². The van der Waals surface area contributed by atoms with E-state index in [1.165, 1.54) is 17.7 Å². The number of nitrogens with one attached hydrogen (secondary N) is 1. The van der Waals surface area contributed by atoms with Crippen LogP contribution in [0, 0.1) is 5.92 Å². The predicted molar refractivity (Wildman–Crippen MR) is 106 cm³/mol. The van der Waals surface area contributed by atoms with Gasteiger partial charge in [-0.3, -0.25) is 14.4 Å². The Balaban J connectivity index is 1.35. The van der Waals surface area contributed by atoms with Gasteiger partial charge in [0.1, 0.15) is 0 Å². The van der Waals surface area contributed by atoms with Crippen LogP contribution in [0.25, 0.3) is 0 Å². The van der Waals surface area contributed by atoms with Crippen molar-refractivity contribution < 1.29 is 4.79 Å². The van der Waals surface area contributed by atoms with Crippen LogP contribution in [0.4, 0.5) is 0 Å². The normalized spacial score (nSPS) is 19.0. The van der Waals surface area contributed by atoms with E-state index < -0.39 is 0 Å². The number of aromatic nitrogens is 2. The molecule has 0 unspecified atom stereocenters. The number of fused-ring (bicyclic) bond motifs is 1. The van der Waals surface area contributed by atoms with Crippen LogP contribution in [-0.4, -0.2) is 33.7 Å². The summed E-state index contributed by atoms with van der Waals surface area (Å²) in [5, 5.41) is 7.80. The van der Waals surface area contributed by atoms with Crippen molar-refractivity contribution in [2.45, 2.75) is 58.2 Å². The second-order valence-corrected chi connectivity index (χ2v) is 8.10. The molecule has 0 saturated heterocycles. The summed E-state index contributed by atoms with van der Waals surface area (Å²) in [7, 11) is 0. The van der Waals surface area contributed by atoms with Crippen molar-refractivity contribution in [3.63, 3.8) is 0 Å². The van der Waals surface area contributed by atoms with E-state index in [9.17, 15) is 4.79 Å². The second-order valence-electron chi connectivity index (χ2n) is 8.10. The van der Waals surface area contributed by atoms with E-state index in [1.54, 1.807) is 0 Å². The van der Waals surface area contributed by atoms with Gasteiger partial charge in [-0.15, -0.1) is 0 Å². The number of hydrogen-bond acceptors (Lipinski definition) is 3. The Morgan fingerprint density at radius 3 is 2.78 bits per heavy atom. The lowest BCUT2D eigenvalue weighted by Gasteiger charge is -2.24. The lowest BCUT2D eigenvalue weighted by molar-refractivity contribution is -0.127. The Morgan fingerprint density at radius 1 is 1.22 bits per heavy atom. The maximum atomic E-state index is 12.1. The third kappa shape index (κ3) is 4.41. The molecule has 4 rings (SSSR count). The van der Waals surface area contributed by atoms with E-state index in [0.717, 1.165) is 51.1 Å². The Morgan fingerprint density at radius 2 is 2.04 bits per heavy atom. The number of nitrogens with zero attached hydrogens (tertiary/aromatic N) is 3. The van der Waals surface area contributed by atoms with Crippen molar-refractivity contribution in [3.05, 3.63) is 53.3 Å². The summed E-state index contributed by atoms with van der Waals surface area (Å²) < 4.78 is 2.14. The fraction of sp³-hybridized carbons (Fsp3) is 0.545. The van der Waals surface area contributed by atoms with Crippen molar-refractivity contribution in [2.75, 3.05) is 13.1 Å². The van der Waals surface area contributed by atoms with Gasteiger partial charge in [0, 0.05) is 32.1 Å². The highest BCUT2D eigenvalue weighted by Crippen LogP contribution is 2.26. The molecule has 2 aromatic rings. The van der Waals surface area contributed by atoms with E-state index in [4.69, 9.17) is 5.10 Å². The Labute approximate surface area is 161 Å². The van der Waals surface area contributed by atoms with Crippen LogP contribution in [0.2, 0.25) is 0 Å². The number of rotatable bonds is 6. The minimum Gasteiger partial charge on any atom is -0.350 e. The molecule has 5 heteroatoms. The molecule has 5 nitrogen and oxygen atoms in total. The van der Waals surface area contributed by atoms with E-state index in [0.29, 0.717) is 12.5 Å². The van der Waals surface area contributed by atoms with E-state index in [-0.39, 0.29) is 11.8 Å². The fourth-order valence-electron chi connectivity index (χ4n) is 4.10. The zero-order valence-electron chi connectivity index (χ0n) is 16.2. The van der Waals surface area contributed by atoms with Gasteiger partial charge in [-0.05, 0) is 36.8 Å². The van der Waals surface area contributed by atoms with Gasteiger partial charge in [0.25, 0.3) is 0 Å². The van der Waals surface area contributed by atoms with Crippen LogP contribution in [0.1, 0.15) is 55.5 Å². The summed E-state index contributed by atoms with van der Waals surface area (Å²) >= 11 is 0. The van der Waals surface area contributed by atoms with Crippen molar-refractivity contribution in [1.82, 2.24) is 20.0 Å². The molecule has 1 aliphatic carbocycles. The minimum absolute atomic E-state index is 0.197. The van der Waals surface area contributed by atoms with Crippen molar-refractivity contribution >= 4 is 5.91 Å². The molecule has 1 fully saturated rings. The van der Waals surface area contributed by atoms with Crippen LogP contribution in [0.15, 0.2) is 36.4 Å². The molecular formula is C22H30N4O. The third-order valence-corrected chi connectivity index (χ3v) is 5.96. The van der Waals surface area contributed by atoms with Crippen molar-refractivity contribution in [2.24, 2.45) is 5.92 Å². The first-order valence-corrected chi connectivity index (χ1v) is 10.3. The molecule has 2 aliphatic rings. The molecule has 0 spiro atoms. The zero-order chi connectivity index (χ0) is 18.6. The second kappa shape index (κ2) is 8.26. The maximum Gasteiger partial charge on any atom is 0.223 e. The fourth-order valence-corrected chi connectivity index (χ4v) is 4.10. The lowest BCUT2D eigenvalue weighted by Crippen LogP contribution is -2.34. The average Bonchev–Trinajstić information content (AvgIpc) is 2.91. The van der Waals surface area contributed by atoms with Crippen molar-refractivity contribution in [3.8, 4) is 0 Å². The Hall–Kier alpha value is -2.14. The highest BCUT2D eigenvalue weighted by Gasteiger charge is 2.25. The molecule has 1 aromatic heterocycles. The third-order valence-electron chi connectivity index (χ3n) is 5.96. The van der Waals surface area contributed by atoms with Gasteiger partial charge < -0.3 is 5.32 Å². The standard InChI is InChI=1S/C22H30N4O/c1-17(18-7-3-2-4-8-18)15-25-11-6-12-26-21(16-25)13-20(24-26)14-23-22(27)19-9-5-10-19/h2-4,7-8,13,17,19H,5-6,9-12,14-16H2,1H3,(H,23,27)/t17-/m1/s1. The molecule has 1 atom stereocenters. The number of amides is 1. The molecule has 2 heterocycles. The molecule has 1 aliphatic heterocycles. The first kappa shape index (κ1) is 18.2. The number of aryl methyl sites for hydroxylation is 1. The van der Waals surface area contributed by atoms with Crippen LogP contribution < -0.4 is 5.32 Å². The van der Waals surface area contributed by atoms with Gasteiger partial charge in [-0.1, -0.05) is 43.7 Å². The highest BCUT2D eigenvalue weighted by atomic mass is 16.1. The molecule has 1 saturated carbocycles. The smallest absolute Gasteiger partial charge is 0.223 e. The van der Waals surface area contributed by atoms with Gasteiger partial charge in [0.05, 0.1) is 17.9 Å². The molecule has 0 bridgehead atoms. The van der Waals surface area contributed by atoms with Gasteiger partial charge in [0.15, 0.2) is 0 Å². The summed E-state index contributed by atoms with van der Waals surface area (Å²) in [6.45, 7) is 6.91. The number of benzene rings is 1. The first-order chi connectivity index (χ1) is 13.2. The quantitative estimate of drug-likeness (QED) is 0.853. The molecule has 1 N–H and O–H groups in total. The largest absolute Gasteiger partial charge is 0.350 e. The monoisotopic (exact) mass is 366 g/mol. The minimum atomic E-state index is 0.197. The zero-order valence-corrected chi connectivity index (χ0v) is 16.2. The Kier molecular flexibility index (Phi) is 5.58. The van der Waals surface area contributed by atoms with Crippen LogP contribution >= 0.6 is 0 Å². The molecule has 0 radical (unpaired) electrons. The summed E-state index contributed by atoms with van der Waals surface area (Å²) in [5.74, 6) is 0.949. The van der Waals surface area contributed by atoms with Gasteiger partial charge >= 0.3 is 0 Å². The molecule has 144 valence electrons. The van der Waals surface area contributed by atoms with E-state index in [1.807, 2.05) is 0 Å². The molecule has 27 heavy (non-hydrogen) atoms. The molecule has 1 amide bonds. The van der Waals surface area contributed by atoms with Crippen molar-refractivity contribution in [1.29, 1.82) is 0 Å². The number of carbonyl (C=O) groups is 1. The van der Waals surface area contributed by atoms with Crippen LogP contribution in [-0.2, 0) is 24.4 Å². The first-order valence-electron chi connectivity index (χ1n) is 10.3. The van der Waals surface area contributed by atoms with E-state index >= 15 is 0 Å². The van der Waals surface area contributed by atoms with Crippen LogP contribution in [0.3, 0.4) is 0 Å². The summed E-state index contributed by atoms with van der Waals surface area (Å²) in [5.41, 5.74) is 3.64. The topological polar surface area (TPSA) is 50.2 Å². The summed E-state index contributed by atoms with van der Waals surface area (Å²) in [6.07, 6.45) is 4.39. The summed E-state index contributed by atoms with van der Waals surface area (Å²) in [6, 6.07) is 12.9. The van der Waals surface area contributed by atoms with Gasteiger partial charge in [-0.2, -0.15) is 5.10 Å². The van der Waals surface area contributed by atoms with Gasteiger partial charge in [0.2, 0.25) is 5.91 Å².